The number of carbonyl (C=O) groups is 3. The van der Waals surface area contributed by atoms with Gasteiger partial charge in [-0.3, -0.25) is 9.59 Å². The van der Waals surface area contributed by atoms with Crippen LogP contribution in [0.5, 0.6) is 0 Å². The van der Waals surface area contributed by atoms with Gasteiger partial charge in [-0.2, -0.15) is 23.5 Å². The zero-order valence-electron chi connectivity index (χ0n) is 22.1. The van der Waals surface area contributed by atoms with Gasteiger partial charge in [0.05, 0.1) is 13.1 Å². The molecule has 2 saturated heterocycles. The van der Waals surface area contributed by atoms with Crippen molar-refractivity contribution in [2.24, 2.45) is 0 Å². The molecule has 4 amide bonds. The molecule has 8 nitrogen and oxygen atoms in total. The quantitative estimate of drug-likeness (QED) is 0.428. The van der Waals surface area contributed by atoms with Gasteiger partial charge in [0.1, 0.15) is 12.2 Å². The fourth-order valence-electron chi connectivity index (χ4n) is 4.97. The maximum Gasteiger partial charge on any atom is 0.334 e. The van der Waals surface area contributed by atoms with Crippen LogP contribution in [0.3, 0.4) is 0 Å². The highest BCUT2D eigenvalue weighted by Gasteiger charge is 2.50. The maximum atomic E-state index is 13.6. The third kappa shape index (κ3) is 6.84. The summed E-state index contributed by atoms with van der Waals surface area (Å²) in [5.74, 6) is 2.32. The van der Waals surface area contributed by atoms with Crippen molar-refractivity contribution in [3.05, 3.63) is 71.8 Å². The predicted octanol–water partition coefficient (Wildman–Crippen LogP) is 3.50. The highest BCUT2D eigenvalue weighted by atomic mass is 32.2. The normalized spacial score (nSPS) is 20.0. The van der Waals surface area contributed by atoms with E-state index in [-0.39, 0.29) is 24.4 Å². The number of amides is 4. The van der Waals surface area contributed by atoms with E-state index in [0.29, 0.717) is 32.6 Å². The topological polar surface area (TPSA) is 76.2 Å². The van der Waals surface area contributed by atoms with Crippen LogP contribution in [0.2, 0.25) is 0 Å². The fraction of sp³-hybridized carbons (Fsp3) is 0.464. The average molecular weight is 556 g/mol. The molecule has 2 aromatic rings. The number of thioether (sulfide) groups is 2. The third-order valence-corrected chi connectivity index (χ3v) is 8.55. The second kappa shape index (κ2) is 13.9. The molecule has 0 saturated carbocycles. The van der Waals surface area contributed by atoms with Crippen molar-refractivity contribution in [2.75, 3.05) is 43.9 Å². The Labute approximate surface area is 234 Å². The lowest BCUT2D eigenvalue weighted by molar-refractivity contribution is -0.189. The van der Waals surface area contributed by atoms with Crippen molar-refractivity contribution < 1.29 is 14.4 Å². The first-order valence-electron chi connectivity index (χ1n) is 13.1. The number of nitrogens with zero attached hydrogens (tertiary/aromatic N) is 4. The molecule has 2 aliphatic heterocycles. The first-order chi connectivity index (χ1) is 18.5. The summed E-state index contributed by atoms with van der Waals surface area (Å²) in [7, 11) is 0. The summed E-state index contributed by atoms with van der Waals surface area (Å²) >= 11 is 3.45. The number of hydrogen-bond acceptors (Lipinski definition) is 6. The summed E-state index contributed by atoms with van der Waals surface area (Å²) < 4.78 is 0. The molecule has 204 valence electrons. The Balaban J connectivity index is 1.50. The molecular weight excluding hydrogens is 518 g/mol. The van der Waals surface area contributed by atoms with Crippen molar-refractivity contribution in [2.45, 2.75) is 37.8 Å². The Kier molecular flexibility index (Phi) is 10.4. The van der Waals surface area contributed by atoms with Gasteiger partial charge in [0.2, 0.25) is 11.8 Å². The summed E-state index contributed by atoms with van der Waals surface area (Å²) in [5, 5.41) is 6.50. The Hall–Kier alpha value is -2.69. The third-order valence-electron chi connectivity index (χ3n) is 6.90. The van der Waals surface area contributed by atoms with E-state index in [9.17, 15) is 14.4 Å². The molecule has 2 aromatic carbocycles. The molecule has 2 fully saturated rings. The fourth-order valence-corrected chi connectivity index (χ4v) is 6.35. The number of carbonyl (C=O) groups excluding carboxylic acids is 3. The van der Waals surface area contributed by atoms with Crippen molar-refractivity contribution in [1.29, 1.82) is 0 Å². The molecule has 2 aliphatic rings. The highest BCUT2D eigenvalue weighted by Crippen LogP contribution is 2.29. The predicted molar refractivity (Wildman–Crippen MR) is 154 cm³/mol. The molecule has 38 heavy (non-hydrogen) atoms. The molecule has 0 aromatic heterocycles. The summed E-state index contributed by atoms with van der Waals surface area (Å²) in [6, 6.07) is 19.2. The lowest BCUT2D eigenvalue weighted by Crippen LogP contribution is -2.76. The molecule has 0 aliphatic carbocycles. The smallest absolute Gasteiger partial charge is 0.334 e. The van der Waals surface area contributed by atoms with Gasteiger partial charge in [-0.15, -0.1) is 0 Å². The van der Waals surface area contributed by atoms with Crippen molar-refractivity contribution in [1.82, 2.24) is 25.1 Å². The summed E-state index contributed by atoms with van der Waals surface area (Å²) in [5.41, 5.74) is 2.26. The summed E-state index contributed by atoms with van der Waals surface area (Å²) in [6.45, 7) is 3.82. The SMILES string of the molecule is CCN1CC(=O)N2[C@@H](CCSC)C(=O)N(CCSCc3ccccc3)C[C@@H]2N1C(=O)NCc1ccccc1. The van der Waals surface area contributed by atoms with Crippen LogP contribution in [0.1, 0.15) is 24.5 Å². The number of rotatable bonds is 11. The minimum Gasteiger partial charge on any atom is -0.336 e. The van der Waals surface area contributed by atoms with E-state index in [0.717, 1.165) is 22.8 Å². The largest absolute Gasteiger partial charge is 0.336 e. The van der Waals surface area contributed by atoms with Crippen LogP contribution < -0.4 is 5.32 Å². The van der Waals surface area contributed by atoms with E-state index in [1.165, 1.54) is 5.56 Å². The van der Waals surface area contributed by atoms with Gasteiger partial charge in [0, 0.05) is 31.1 Å². The van der Waals surface area contributed by atoms with Gasteiger partial charge < -0.3 is 15.1 Å². The van der Waals surface area contributed by atoms with Crippen molar-refractivity contribution in [3.8, 4) is 0 Å². The minimum absolute atomic E-state index is 0.0152. The molecule has 0 bridgehead atoms. The van der Waals surface area contributed by atoms with Crippen LogP contribution in [-0.4, -0.2) is 93.8 Å². The number of likely N-dealkylation sites (N-methyl/N-ethyl adjacent to an activating group) is 1. The number of hydrazine groups is 1. The van der Waals surface area contributed by atoms with Gasteiger partial charge in [-0.1, -0.05) is 67.6 Å². The molecule has 4 rings (SSSR count). The first-order valence-corrected chi connectivity index (χ1v) is 15.6. The molecule has 2 heterocycles. The Morgan fingerprint density at radius 1 is 1.00 bits per heavy atom. The molecule has 2 atom stereocenters. The van der Waals surface area contributed by atoms with Crippen LogP contribution in [-0.2, 0) is 21.9 Å². The second-order valence-electron chi connectivity index (χ2n) is 9.37. The van der Waals surface area contributed by atoms with Crippen LogP contribution in [0.15, 0.2) is 60.7 Å². The van der Waals surface area contributed by atoms with E-state index in [1.807, 2.05) is 66.6 Å². The highest BCUT2D eigenvalue weighted by molar-refractivity contribution is 7.98. The van der Waals surface area contributed by atoms with Crippen molar-refractivity contribution in [3.63, 3.8) is 0 Å². The second-order valence-corrected chi connectivity index (χ2v) is 11.5. The number of hydrogen-bond donors (Lipinski definition) is 1. The van der Waals surface area contributed by atoms with Crippen molar-refractivity contribution >= 4 is 41.4 Å². The van der Waals surface area contributed by atoms with Gasteiger partial charge in [0.25, 0.3) is 0 Å². The molecule has 0 unspecified atom stereocenters. The van der Waals surface area contributed by atoms with Gasteiger partial charge >= 0.3 is 6.03 Å². The lowest BCUT2D eigenvalue weighted by atomic mass is 10.0. The lowest BCUT2D eigenvalue weighted by Gasteiger charge is -2.55. The van der Waals surface area contributed by atoms with Gasteiger partial charge in [-0.25, -0.2) is 14.8 Å². The van der Waals surface area contributed by atoms with E-state index < -0.39 is 12.2 Å². The van der Waals surface area contributed by atoms with Crippen LogP contribution in [0, 0.1) is 0 Å². The molecular formula is C28H37N5O3S2. The average Bonchev–Trinajstić information content (AvgIpc) is 2.94. The first kappa shape index (κ1) is 28.3. The number of fused-ring (bicyclic) bond motifs is 1. The van der Waals surface area contributed by atoms with E-state index in [2.05, 4.69) is 17.4 Å². The number of benzene rings is 2. The Bertz CT molecular complexity index is 1070. The number of urea groups is 1. The van der Waals surface area contributed by atoms with Crippen LogP contribution in [0.25, 0.3) is 0 Å². The van der Waals surface area contributed by atoms with E-state index >= 15 is 0 Å². The van der Waals surface area contributed by atoms with Gasteiger partial charge in [-0.05, 0) is 29.6 Å². The van der Waals surface area contributed by atoms with Crippen LogP contribution >= 0.6 is 23.5 Å². The van der Waals surface area contributed by atoms with E-state index in [1.54, 1.807) is 38.4 Å². The monoisotopic (exact) mass is 555 g/mol. The number of piperazine rings is 1. The summed E-state index contributed by atoms with van der Waals surface area (Å²) in [4.78, 5) is 44.0. The molecule has 0 spiro atoms. The molecule has 0 radical (unpaired) electrons. The van der Waals surface area contributed by atoms with E-state index in [4.69, 9.17) is 0 Å². The van der Waals surface area contributed by atoms with Gasteiger partial charge in [0.15, 0.2) is 0 Å². The molecule has 10 heteroatoms. The minimum atomic E-state index is -0.559. The number of nitrogens with one attached hydrogen (secondary N) is 1. The summed E-state index contributed by atoms with van der Waals surface area (Å²) in [6.07, 6.45) is 2.04. The Morgan fingerprint density at radius 3 is 2.34 bits per heavy atom. The zero-order valence-corrected chi connectivity index (χ0v) is 23.8. The maximum absolute atomic E-state index is 13.6. The standard InChI is InChI=1S/C28H37N5O3S2/c1-3-31-20-26(34)32-24(14-16-37-2)27(35)30(15-17-38-21-23-12-8-5-9-13-23)19-25(32)33(31)28(36)29-18-22-10-6-4-7-11-22/h4-13,24-25H,3,14-21H2,1-2H3,(H,29,36)/t24-,25-/m0/s1. The van der Waals surface area contributed by atoms with Crippen LogP contribution in [0.4, 0.5) is 4.79 Å². The molecule has 1 N–H and O–H groups in total. The zero-order chi connectivity index (χ0) is 26.9. The Morgan fingerprint density at radius 2 is 1.68 bits per heavy atom.